The van der Waals surface area contributed by atoms with E-state index in [0.717, 1.165) is 16.8 Å². The first-order valence-corrected chi connectivity index (χ1v) is 8.13. The number of nitrogens with one attached hydrogen (secondary N) is 2. The van der Waals surface area contributed by atoms with Crippen molar-refractivity contribution in [1.29, 1.82) is 0 Å². The van der Waals surface area contributed by atoms with Crippen LogP contribution in [0.4, 0.5) is 5.69 Å². The molecule has 1 atom stereocenters. The largest absolute Gasteiger partial charge is 0.356 e. The summed E-state index contributed by atoms with van der Waals surface area (Å²) in [4.78, 5) is 0. The van der Waals surface area contributed by atoms with Crippen LogP contribution in [0.15, 0.2) is 36.4 Å². The molecule has 0 aliphatic carbocycles. The predicted octanol–water partition coefficient (Wildman–Crippen LogP) is 5.66. The number of rotatable bonds is 3. The van der Waals surface area contributed by atoms with E-state index in [-0.39, 0.29) is 6.04 Å². The van der Waals surface area contributed by atoms with Gasteiger partial charge >= 0.3 is 0 Å². The van der Waals surface area contributed by atoms with Gasteiger partial charge in [-0.15, -0.1) is 0 Å². The van der Waals surface area contributed by atoms with Gasteiger partial charge < -0.3 is 10.6 Å². The zero-order valence-electron chi connectivity index (χ0n) is 12.7. The Morgan fingerprint density at radius 3 is 2.50 bits per heavy atom. The van der Waals surface area contributed by atoms with Crippen molar-refractivity contribution < 1.29 is 0 Å². The Hall–Kier alpha value is -1.29. The first kappa shape index (κ1) is 17.1. The molecule has 0 saturated heterocycles. The highest BCUT2D eigenvalue weighted by molar-refractivity contribution is 7.80. The molecule has 0 spiro atoms. The number of halogens is 2. The summed E-state index contributed by atoms with van der Waals surface area (Å²) in [7, 11) is 0. The number of benzene rings is 2. The van der Waals surface area contributed by atoms with Crippen molar-refractivity contribution in [3.8, 4) is 0 Å². The Morgan fingerprint density at radius 2 is 1.82 bits per heavy atom. The monoisotopic (exact) mass is 352 g/mol. The number of thiocarbonyl (C=S) groups is 1. The van der Waals surface area contributed by atoms with Crippen molar-refractivity contribution in [1.82, 2.24) is 5.32 Å². The van der Waals surface area contributed by atoms with Crippen molar-refractivity contribution in [2.75, 3.05) is 5.32 Å². The number of aryl methyl sites for hydroxylation is 2. The molecule has 5 heteroatoms. The molecule has 0 aliphatic rings. The molecule has 2 rings (SSSR count). The Morgan fingerprint density at radius 1 is 1.09 bits per heavy atom. The maximum absolute atomic E-state index is 6.23. The molecule has 2 aromatic rings. The molecule has 0 aromatic heterocycles. The van der Waals surface area contributed by atoms with E-state index in [0.29, 0.717) is 15.2 Å². The van der Waals surface area contributed by atoms with Crippen molar-refractivity contribution in [2.45, 2.75) is 26.8 Å². The Balaban J connectivity index is 2.06. The molecule has 2 aromatic carbocycles. The topological polar surface area (TPSA) is 24.1 Å². The van der Waals surface area contributed by atoms with Gasteiger partial charge in [0, 0.05) is 15.7 Å². The van der Waals surface area contributed by atoms with Crippen LogP contribution >= 0.6 is 35.4 Å². The molecular weight excluding hydrogens is 335 g/mol. The van der Waals surface area contributed by atoms with Crippen molar-refractivity contribution in [3.63, 3.8) is 0 Å². The molecule has 0 heterocycles. The molecular formula is C17H18Cl2N2S. The van der Waals surface area contributed by atoms with E-state index in [1.54, 1.807) is 6.07 Å². The van der Waals surface area contributed by atoms with Crippen LogP contribution < -0.4 is 10.6 Å². The number of hydrogen-bond acceptors (Lipinski definition) is 1. The van der Waals surface area contributed by atoms with Gasteiger partial charge in [0.1, 0.15) is 0 Å². The van der Waals surface area contributed by atoms with E-state index in [2.05, 4.69) is 35.8 Å². The summed E-state index contributed by atoms with van der Waals surface area (Å²) in [5, 5.41) is 8.29. The summed E-state index contributed by atoms with van der Waals surface area (Å²) in [6, 6.07) is 11.7. The van der Waals surface area contributed by atoms with Crippen LogP contribution in [0, 0.1) is 13.8 Å². The molecule has 0 fully saturated rings. The summed E-state index contributed by atoms with van der Waals surface area (Å²) in [6.07, 6.45) is 0. The number of hydrogen-bond donors (Lipinski definition) is 2. The SMILES string of the molecule is Cc1ccc(C)c(NC(=S)N[C@H](C)c2ccc(Cl)cc2Cl)c1. The lowest BCUT2D eigenvalue weighted by Crippen LogP contribution is -2.31. The summed E-state index contributed by atoms with van der Waals surface area (Å²) in [5.74, 6) is 0. The lowest BCUT2D eigenvalue weighted by Gasteiger charge is -2.19. The van der Waals surface area contributed by atoms with Gasteiger partial charge in [-0.3, -0.25) is 0 Å². The van der Waals surface area contributed by atoms with Crippen LogP contribution in [-0.4, -0.2) is 5.11 Å². The maximum atomic E-state index is 6.23. The summed E-state index contributed by atoms with van der Waals surface area (Å²) >= 11 is 17.5. The molecule has 0 unspecified atom stereocenters. The fourth-order valence-corrected chi connectivity index (χ4v) is 3.01. The smallest absolute Gasteiger partial charge is 0.171 e. The van der Waals surface area contributed by atoms with Crippen LogP contribution in [0.3, 0.4) is 0 Å². The third kappa shape index (κ3) is 4.35. The molecule has 0 saturated carbocycles. The average Bonchev–Trinajstić information content (AvgIpc) is 2.42. The Kier molecular flexibility index (Phi) is 5.68. The summed E-state index contributed by atoms with van der Waals surface area (Å²) in [5.41, 5.74) is 4.29. The van der Waals surface area contributed by atoms with Crippen molar-refractivity contribution in [2.24, 2.45) is 0 Å². The molecule has 0 amide bonds. The molecule has 22 heavy (non-hydrogen) atoms. The lowest BCUT2D eigenvalue weighted by molar-refractivity contribution is 0.723. The second-order valence-electron chi connectivity index (χ2n) is 5.30. The normalized spacial score (nSPS) is 11.9. The van der Waals surface area contributed by atoms with Crippen LogP contribution in [0.25, 0.3) is 0 Å². The first-order valence-electron chi connectivity index (χ1n) is 6.96. The first-order chi connectivity index (χ1) is 10.4. The second-order valence-corrected chi connectivity index (χ2v) is 6.56. The van der Waals surface area contributed by atoms with Crippen molar-refractivity contribution >= 4 is 46.2 Å². The van der Waals surface area contributed by atoms with Gasteiger partial charge in [0.25, 0.3) is 0 Å². The zero-order chi connectivity index (χ0) is 16.3. The van der Waals surface area contributed by atoms with Gasteiger partial charge in [0.05, 0.1) is 6.04 Å². The van der Waals surface area contributed by atoms with Gasteiger partial charge in [-0.1, -0.05) is 41.4 Å². The van der Waals surface area contributed by atoms with E-state index in [9.17, 15) is 0 Å². The molecule has 0 radical (unpaired) electrons. The third-order valence-electron chi connectivity index (χ3n) is 3.42. The van der Waals surface area contributed by atoms with E-state index in [1.807, 2.05) is 26.0 Å². The minimum Gasteiger partial charge on any atom is -0.356 e. The van der Waals surface area contributed by atoms with E-state index >= 15 is 0 Å². The Bertz CT molecular complexity index is 701. The van der Waals surface area contributed by atoms with Crippen LogP contribution in [0.1, 0.15) is 29.7 Å². The van der Waals surface area contributed by atoms with Gasteiger partial charge in [-0.25, -0.2) is 0 Å². The molecule has 2 nitrogen and oxygen atoms in total. The lowest BCUT2D eigenvalue weighted by atomic mass is 10.1. The van der Waals surface area contributed by atoms with Gasteiger partial charge in [-0.05, 0) is 67.9 Å². The number of anilines is 1. The van der Waals surface area contributed by atoms with E-state index in [4.69, 9.17) is 35.4 Å². The van der Waals surface area contributed by atoms with Gasteiger partial charge in [-0.2, -0.15) is 0 Å². The van der Waals surface area contributed by atoms with Crippen LogP contribution in [0.5, 0.6) is 0 Å². The summed E-state index contributed by atoms with van der Waals surface area (Å²) < 4.78 is 0. The van der Waals surface area contributed by atoms with E-state index < -0.39 is 0 Å². The highest BCUT2D eigenvalue weighted by atomic mass is 35.5. The predicted molar refractivity (Wildman–Crippen MR) is 100 cm³/mol. The molecule has 0 aliphatic heterocycles. The third-order valence-corrected chi connectivity index (χ3v) is 4.20. The average molecular weight is 353 g/mol. The maximum Gasteiger partial charge on any atom is 0.171 e. The fourth-order valence-electron chi connectivity index (χ4n) is 2.16. The molecule has 2 N–H and O–H groups in total. The molecule has 0 bridgehead atoms. The molecule has 116 valence electrons. The van der Waals surface area contributed by atoms with Crippen LogP contribution in [-0.2, 0) is 0 Å². The summed E-state index contributed by atoms with van der Waals surface area (Å²) in [6.45, 7) is 6.10. The van der Waals surface area contributed by atoms with Crippen molar-refractivity contribution in [3.05, 3.63) is 63.1 Å². The van der Waals surface area contributed by atoms with Gasteiger partial charge in [0.2, 0.25) is 0 Å². The van der Waals surface area contributed by atoms with Crippen LogP contribution in [0.2, 0.25) is 10.0 Å². The minimum absolute atomic E-state index is 0.0186. The standard InChI is InChI=1S/C17H18Cl2N2S/c1-10-4-5-11(2)16(8-10)21-17(22)20-12(3)14-7-6-13(18)9-15(14)19/h4-9,12H,1-3H3,(H2,20,21,22)/t12-/m1/s1. The quantitative estimate of drug-likeness (QED) is 0.697. The minimum atomic E-state index is -0.0186. The highest BCUT2D eigenvalue weighted by Gasteiger charge is 2.11. The second kappa shape index (κ2) is 7.32. The Labute approximate surface area is 146 Å². The zero-order valence-corrected chi connectivity index (χ0v) is 15.0. The van der Waals surface area contributed by atoms with Gasteiger partial charge in [0.15, 0.2) is 5.11 Å². The van der Waals surface area contributed by atoms with E-state index in [1.165, 1.54) is 5.56 Å². The fraction of sp³-hybridized carbons (Fsp3) is 0.235. The highest BCUT2D eigenvalue weighted by Crippen LogP contribution is 2.26.